The first-order chi connectivity index (χ1) is 5.15. The van der Waals surface area contributed by atoms with Crippen LogP contribution in [0.1, 0.15) is 12.5 Å². The Balaban J connectivity index is 3.24. The van der Waals surface area contributed by atoms with Crippen LogP contribution in [0.3, 0.4) is 0 Å². The van der Waals surface area contributed by atoms with E-state index in [2.05, 4.69) is 15.9 Å². The highest BCUT2D eigenvalue weighted by atomic mass is 79.9. The molecule has 0 spiro atoms. The van der Waals surface area contributed by atoms with Gasteiger partial charge in [0.15, 0.2) is 11.5 Å². The van der Waals surface area contributed by atoms with Crippen molar-refractivity contribution in [1.29, 1.82) is 0 Å². The fraction of sp³-hybridized carbons (Fsp3) is 0.250. The van der Waals surface area contributed by atoms with Crippen LogP contribution in [-0.2, 0) is 6.42 Å². The lowest BCUT2D eigenvalue weighted by molar-refractivity contribution is 0.399. The van der Waals surface area contributed by atoms with Gasteiger partial charge in [-0.2, -0.15) is 0 Å². The number of phenols is 2. The Bertz CT molecular complexity index is 271. The van der Waals surface area contributed by atoms with Crippen LogP contribution in [0.5, 0.6) is 11.5 Å². The smallest absolute Gasteiger partial charge is 0.160 e. The van der Waals surface area contributed by atoms with E-state index in [1.807, 2.05) is 6.92 Å². The molecule has 2 N–H and O–H groups in total. The van der Waals surface area contributed by atoms with Crippen LogP contribution >= 0.6 is 15.9 Å². The third-order valence-corrected chi connectivity index (χ3v) is 1.97. The molecular weight excluding hydrogens is 208 g/mol. The predicted octanol–water partition coefficient (Wildman–Crippen LogP) is 2.42. The molecule has 0 radical (unpaired) electrons. The monoisotopic (exact) mass is 216 g/mol. The maximum atomic E-state index is 9.25. The number of aromatic hydroxyl groups is 2. The van der Waals surface area contributed by atoms with Crippen molar-refractivity contribution in [3.63, 3.8) is 0 Å². The molecule has 1 aromatic carbocycles. The van der Waals surface area contributed by atoms with Gasteiger partial charge in [0.05, 0.1) is 0 Å². The van der Waals surface area contributed by atoms with Crippen LogP contribution in [0.15, 0.2) is 16.6 Å². The second kappa shape index (κ2) is 3.13. The van der Waals surface area contributed by atoms with Crippen LogP contribution in [-0.4, -0.2) is 10.2 Å². The molecule has 0 heterocycles. The third kappa shape index (κ3) is 1.66. The average Bonchev–Trinajstić information content (AvgIpc) is 1.96. The van der Waals surface area contributed by atoms with Crippen LogP contribution in [0.25, 0.3) is 0 Å². The van der Waals surface area contributed by atoms with E-state index in [0.29, 0.717) is 6.42 Å². The van der Waals surface area contributed by atoms with Crippen molar-refractivity contribution in [3.8, 4) is 11.5 Å². The zero-order chi connectivity index (χ0) is 8.43. The van der Waals surface area contributed by atoms with Crippen molar-refractivity contribution >= 4 is 15.9 Å². The van der Waals surface area contributed by atoms with Gasteiger partial charge in [-0.15, -0.1) is 0 Å². The average molecular weight is 217 g/mol. The van der Waals surface area contributed by atoms with Crippen molar-refractivity contribution in [2.24, 2.45) is 0 Å². The number of halogens is 1. The lowest BCUT2D eigenvalue weighted by atomic mass is 10.1. The van der Waals surface area contributed by atoms with E-state index in [1.165, 1.54) is 6.07 Å². The molecule has 0 aromatic heterocycles. The minimum atomic E-state index is -0.0729. The molecule has 11 heavy (non-hydrogen) atoms. The second-order valence-corrected chi connectivity index (χ2v) is 3.20. The van der Waals surface area contributed by atoms with Crippen LogP contribution in [0.4, 0.5) is 0 Å². The van der Waals surface area contributed by atoms with E-state index >= 15 is 0 Å². The van der Waals surface area contributed by atoms with E-state index in [0.717, 1.165) is 10.0 Å². The van der Waals surface area contributed by atoms with Crippen molar-refractivity contribution in [1.82, 2.24) is 0 Å². The van der Waals surface area contributed by atoms with E-state index in [1.54, 1.807) is 6.07 Å². The van der Waals surface area contributed by atoms with Gasteiger partial charge in [-0.25, -0.2) is 0 Å². The molecule has 1 aromatic rings. The summed E-state index contributed by atoms with van der Waals surface area (Å²) in [6.07, 6.45) is 0.707. The third-order valence-electron chi connectivity index (χ3n) is 1.51. The van der Waals surface area contributed by atoms with Crippen LogP contribution in [0.2, 0.25) is 0 Å². The van der Waals surface area contributed by atoms with Crippen molar-refractivity contribution in [3.05, 3.63) is 22.2 Å². The first-order valence-electron chi connectivity index (χ1n) is 3.35. The first kappa shape index (κ1) is 8.40. The van der Waals surface area contributed by atoms with Crippen molar-refractivity contribution in [2.75, 3.05) is 0 Å². The van der Waals surface area contributed by atoms with Gasteiger partial charge in [-0.1, -0.05) is 22.9 Å². The molecule has 0 aliphatic rings. The molecule has 3 heteroatoms. The summed E-state index contributed by atoms with van der Waals surface area (Å²) in [5.74, 6) is -0.0908. The van der Waals surface area contributed by atoms with Gasteiger partial charge in [0, 0.05) is 4.47 Å². The Morgan fingerprint density at radius 3 is 2.55 bits per heavy atom. The Labute approximate surface area is 73.6 Å². The summed E-state index contributed by atoms with van der Waals surface area (Å²) in [6, 6.07) is 3.25. The predicted molar refractivity (Wildman–Crippen MR) is 46.8 cm³/mol. The van der Waals surface area contributed by atoms with Gasteiger partial charge in [0.1, 0.15) is 0 Å². The number of hydrogen-bond donors (Lipinski definition) is 2. The minimum Gasteiger partial charge on any atom is -0.504 e. The van der Waals surface area contributed by atoms with E-state index in [4.69, 9.17) is 5.11 Å². The molecule has 0 amide bonds. The molecule has 0 atom stereocenters. The normalized spacial score (nSPS) is 10.0. The van der Waals surface area contributed by atoms with E-state index < -0.39 is 0 Å². The quantitative estimate of drug-likeness (QED) is 0.709. The highest BCUT2D eigenvalue weighted by Crippen LogP contribution is 2.32. The number of hydrogen-bond acceptors (Lipinski definition) is 2. The fourth-order valence-electron chi connectivity index (χ4n) is 0.909. The van der Waals surface area contributed by atoms with Gasteiger partial charge in [0.2, 0.25) is 0 Å². The number of rotatable bonds is 1. The molecule has 0 bridgehead atoms. The highest BCUT2D eigenvalue weighted by Gasteiger charge is 2.05. The lowest BCUT2D eigenvalue weighted by Gasteiger charge is -2.03. The number of phenolic OH excluding ortho intramolecular Hbond substituents is 2. The number of benzene rings is 1. The van der Waals surface area contributed by atoms with Gasteiger partial charge in [0.25, 0.3) is 0 Å². The minimum absolute atomic E-state index is 0.0179. The zero-order valence-electron chi connectivity index (χ0n) is 6.13. The van der Waals surface area contributed by atoms with Gasteiger partial charge >= 0.3 is 0 Å². The molecular formula is C8H9BrO2. The fourth-order valence-corrected chi connectivity index (χ4v) is 1.40. The van der Waals surface area contributed by atoms with Crippen LogP contribution in [0, 0.1) is 0 Å². The van der Waals surface area contributed by atoms with Gasteiger partial charge in [-0.3, -0.25) is 0 Å². The molecule has 2 nitrogen and oxygen atoms in total. The standard InChI is InChI=1S/C8H9BrO2/c1-2-5-3-6(9)4-7(10)8(5)11/h3-4,10-11H,2H2,1H3. The highest BCUT2D eigenvalue weighted by molar-refractivity contribution is 9.10. The summed E-state index contributed by atoms with van der Waals surface area (Å²) in [6.45, 7) is 1.92. The maximum Gasteiger partial charge on any atom is 0.160 e. The lowest BCUT2D eigenvalue weighted by Crippen LogP contribution is -1.81. The van der Waals surface area contributed by atoms with Crippen molar-refractivity contribution < 1.29 is 10.2 Å². The molecule has 0 unspecified atom stereocenters. The maximum absolute atomic E-state index is 9.25. The second-order valence-electron chi connectivity index (χ2n) is 2.29. The number of aryl methyl sites for hydroxylation is 1. The Hall–Kier alpha value is -0.700. The molecule has 0 saturated carbocycles. The molecule has 0 aliphatic carbocycles. The molecule has 1 rings (SSSR count). The molecule has 0 fully saturated rings. The largest absolute Gasteiger partial charge is 0.504 e. The molecule has 0 aliphatic heterocycles. The summed E-state index contributed by atoms with van der Waals surface area (Å²) < 4.78 is 0.782. The summed E-state index contributed by atoms with van der Waals surface area (Å²) >= 11 is 3.22. The summed E-state index contributed by atoms with van der Waals surface area (Å²) in [5.41, 5.74) is 0.747. The summed E-state index contributed by atoms with van der Waals surface area (Å²) in [4.78, 5) is 0. The summed E-state index contributed by atoms with van der Waals surface area (Å²) in [7, 11) is 0. The van der Waals surface area contributed by atoms with Crippen LogP contribution < -0.4 is 0 Å². The van der Waals surface area contributed by atoms with Crippen molar-refractivity contribution in [2.45, 2.75) is 13.3 Å². The Kier molecular flexibility index (Phi) is 2.39. The summed E-state index contributed by atoms with van der Waals surface area (Å²) in [5, 5.41) is 18.4. The zero-order valence-corrected chi connectivity index (χ0v) is 7.72. The van der Waals surface area contributed by atoms with Gasteiger partial charge in [-0.05, 0) is 24.1 Å². The van der Waals surface area contributed by atoms with E-state index in [9.17, 15) is 5.11 Å². The Morgan fingerprint density at radius 1 is 1.36 bits per heavy atom. The topological polar surface area (TPSA) is 40.5 Å². The Morgan fingerprint density at radius 2 is 2.00 bits per heavy atom. The van der Waals surface area contributed by atoms with E-state index in [-0.39, 0.29) is 11.5 Å². The SMILES string of the molecule is CCc1cc(Br)cc(O)c1O. The van der Waals surface area contributed by atoms with Gasteiger partial charge < -0.3 is 10.2 Å². The molecule has 0 saturated heterocycles. The molecule has 60 valence electrons. The first-order valence-corrected chi connectivity index (χ1v) is 4.14.